The number of aromatic nitrogens is 1. The van der Waals surface area contributed by atoms with Gasteiger partial charge in [0.25, 0.3) is 0 Å². The van der Waals surface area contributed by atoms with Crippen LogP contribution in [0.1, 0.15) is 18.2 Å². The topological polar surface area (TPSA) is 48.0 Å². The van der Waals surface area contributed by atoms with E-state index >= 15 is 0 Å². The summed E-state index contributed by atoms with van der Waals surface area (Å²) in [7, 11) is 0. The maximum absolute atomic E-state index is 9.46. The van der Waals surface area contributed by atoms with Crippen LogP contribution < -0.4 is 5.32 Å². The van der Waals surface area contributed by atoms with Gasteiger partial charge in [0.05, 0.1) is 0 Å². The molecule has 0 atom stereocenters. The van der Waals surface area contributed by atoms with Gasteiger partial charge < -0.3 is 15.4 Å². The van der Waals surface area contributed by atoms with Crippen molar-refractivity contribution >= 4 is 10.9 Å². The van der Waals surface area contributed by atoms with Gasteiger partial charge in [-0.1, -0.05) is 6.92 Å². The standard InChI is InChI=1S/C12H16N2O/c1-3-13-7-11-8(2)14-12-5-4-9(15)6-10(11)12/h4-6,13-15H,3,7H2,1-2H3. The van der Waals surface area contributed by atoms with Gasteiger partial charge in [0.1, 0.15) is 5.75 Å². The van der Waals surface area contributed by atoms with E-state index in [1.807, 2.05) is 12.1 Å². The van der Waals surface area contributed by atoms with Crippen LogP contribution in [-0.4, -0.2) is 16.6 Å². The molecule has 3 heteroatoms. The number of fused-ring (bicyclic) bond motifs is 1. The number of aromatic amines is 1. The first kappa shape index (κ1) is 10.1. The summed E-state index contributed by atoms with van der Waals surface area (Å²) in [4.78, 5) is 3.31. The van der Waals surface area contributed by atoms with Crippen molar-refractivity contribution < 1.29 is 5.11 Å². The van der Waals surface area contributed by atoms with Gasteiger partial charge in [-0.2, -0.15) is 0 Å². The maximum atomic E-state index is 9.46. The van der Waals surface area contributed by atoms with Gasteiger partial charge in [-0.15, -0.1) is 0 Å². The zero-order chi connectivity index (χ0) is 10.8. The molecule has 0 spiro atoms. The van der Waals surface area contributed by atoms with Crippen LogP contribution in [0.2, 0.25) is 0 Å². The number of hydrogen-bond acceptors (Lipinski definition) is 2. The SMILES string of the molecule is CCNCc1c(C)[nH]c2ccc(O)cc12. The number of rotatable bonds is 3. The van der Waals surface area contributed by atoms with Crippen molar-refractivity contribution in [3.05, 3.63) is 29.5 Å². The first-order valence-corrected chi connectivity index (χ1v) is 5.23. The molecule has 0 radical (unpaired) electrons. The first-order chi connectivity index (χ1) is 7.22. The van der Waals surface area contributed by atoms with Crippen molar-refractivity contribution in [1.29, 1.82) is 0 Å². The Morgan fingerprint density at radius 2 is 2.20 bits per heavy atom. The summed E-state index contributed by atoms with van der Waals surface area (Å²) in [6, 6.07) is 5.42. The highest BCUT2D eigenvalue weighted by Crippen LogP contribution is 2.25. The largest absolute Gasteiger partial charge is 0.508 e. The lowest BCUT2D eigenvalue weighted by Crippen LogP contribution is -2.12. The van der Waals surface area contributed by atoms with Crippen LogP contribution in [0, 0.1) is 6.92 Å². The van der Waals surface area contributed by atoms with Gasteiger partial charge in [-0.25, -0.2) is 0 Å². The smallest absolute Gasteiger partial charge is 0.116 e. The van der Waals surface area contributed by atoms with Crippen LogP contribution in [-0.2, 0) is 6.54 Å². The zero-order valence-corrected chi connectivity index (χ0v) is 9.09. The summed E-state index contributed by atoms with van der Waals surface area (Å²) in [6.07, 6.45) is 0. The van der Waals surface area contributed by atoms with E-state index in [9.17, 15) is 5.11 Å². The number of phenols is 1. The van der Waals surface area contributed by atoms with E-state index in [2.05, 4.69) is 24.1 Å². The molecule has 0 saturated carbocycles. The lowest BCUT2D eigenvalue weighted by molar-refractivity contribution is 0.476. The normalized spacial score (nSPS) is 11.1. The fraction of sp³-hybridized carbons (Fsp3) is 0.333. The lowest BCUT2D eigenvalue weighted by Gasteiger charge is -2.02. The molecular weight excluding hydrogens is 188 g/mol. The van der Waals surface area contributed by atoms with Crippen LogP contribution in [0.25, 0.3) is 10.9 Å². The fourth-order valence-corrected chi connectivity index (χ4v) is 1.85. The first-order valence-electron chi connectivity index (χ1n) is 5.23. The van der Waals surface area contributed by atoms with E-state index in [1.165, 1.54) is 5.56 Å². The quantitative estimate of drug-likeness (QED) is 0.718. The number of H-pyrrole nitrogens is 1. The molecule has 80 valence electrons. The third kappa shape index (κ3) is 1.83. The monoisotopic (exact) mass is 204 g/mol. The van der Waals surface area contributed by atoms with Gasteiger partial charge in [-0.05, 0) is 37.2 Å². The summed E-state index contributed by atoms with van der Waals surface area (Å²) >= 11 is 0. The highest BCUT2D eigenvalue weighted by atomic mass is 16.3. The maximum Gasteiger partial charge on any atom is 0.116 e. The van der Waals surface area contributed by atoms with Gasteiger partial charge in [0, 0.05) is 23.1 Å². The minimum atomic E-state index is 0.319. The van der Waals surface area contributed by atoms with Crippen molar-refractivity contribution in [1.82, 2.24) is 10.3 Å². The number of hydrogen-bond donors (Lipinski definition) is 3. The molecular formula is C12H16N2O. The van der Waals surface area contributed by atoms with Crippen LogP contribution in [0.15, 0.2) is 18.2 Å². The molecule has 0 amide bonds. The van der Waals surface area contributed by atoms with E-state index in [-0.39, 0.29) is 0 Å². The molecule has 3 nitrogen and oxygen atoms in total. The summed E-state index contributed by atoms with van der Waals surface area (Å²) < 4.78 is 0. The molecule has 0 aliphatic rings. The Hall–Kier alpha value is -1.48. The van der Waals surface area contributed by atoms with E-state index in [0.717, 1.165) is 29.7 Å². The van der Waals surface area contributed by atoms with Gasteiger partial charge in [-0.3, -0.25) is 0 Å². The second-order valence-corrected chi connectivity index (χ2v) is 3.74. The molecule has 0 saturated heterocycles. The summed E-state index contributed by atoms with van der Waals surface area (Å²) in [5.41, 5.74) is 3.48. The molecule has 0 aliphatic heterocycles. The van der Waals surface area contributed by atoms with Gasteiger partial charge in [0.2, 0.25) is 0 Å². The average molecular weight is 204 g/mol. The van der Waals surface area contributed by atoms with Crippen molar-refractivity contribution in [2.45, 2.75) is 20.4 Å². The third-order valence-corrected chi connectivity index (χ3v) is 2.65. The van der Waals surface area contributed by atoms with Crippen LogP contribution in [0.3, 0.4) is 0 Å². The Bertz CT molecular complexity index is 474. The number of aromatic hydroxyl groups is 1. The van der Waals surface area contributed by atoms with Crippen molar-refractivity contribution in [2.24, 2.45) is 0 Å². The van der Waals surface area contributed by atoms with Gasteiger partial charge in [0.15, 0.2) is 0 Å². The minimum Gasteiger partial charge on any atom is -0.508 e. The zero-order valence-electron chi connectivity index (χ0n) is 9.09. The van der Waals surface area contributed by atoms with Crippen molar-refractivity contribution in [3.63, 3.8) is 0 Å². The lowest BCUT2D eigenvalue weighted by atomic mass is 10.1. The Morgan fingerprint density at radius 1 is 1.40 bits per heavy atom. The molecule has 15 heavy (non-hydrogen) atoms. The molecule has 1 aromatic heterocycles. The van der Waals surface area contributed by atoms with E-state index < -0.39 is 0 Å². The van der Waals surface area contributed by atoms with Gasteiger partial charge >= 0.3 is 0 Å². The van der Waals surface area contributed by atoms with E-state index in [4.69, 9.17) is 0 Å². The highest BCUT2D eigenvalue weighted by Gasteiger charge is 2.07. The highest BCUT2D eigenvalue weighted by molar-refractivity contribution is 5.85. The molecule has 1 aromatic carbocycles. The summed E-state index contributed by atoms with van der Waals surface area (Å²) in [5, 5.41) is 13.9. The van der Waals surface area contributed by atoms with Crippen LogP contribution in [0.4, 0.5) is 0 Å². The number of nitrogens with one attached hydrogen (secondary N) is 2. The third-order valence-electron chi connectivity index (χ3n) is 2.65. The number of aryl methyl sites for hydroxylation is 1. The molecule has 2 aromatic rings. The molecule has 0 unspecified atom stereocenters. The Kier molecular flexibility index (Phi) is 2.64. The predicted molar refractivity (Wildman–Crippen MR) is 62.1 cm³/mol. The molecule has 0 fully saturated rings. The molecule has 2 rings (SSSR count). The van der Waals surface area contributed by atoms with Crippen molar-refractivity contribution in [3.8, 4) is 5.75 Å². The van der Waals surface area contributed by atoms with Crippen LogP contribution >= 0.6 is 0 Å². The number of phenolic OH excluding ortho intramolecular Hbond substituents is 1. The minimum absolute atomic E-state index is 0.319. The Balaban J connectivity index is 2.50. The molecule has 0 aliphatic carbocycles. The second-order valence-electron chi connectivity index (χ2n) is 3.74. The van der Waals surface area contributed by atoms with E-state index in [0.29, 0.717) is 5.75 Å². The second kappa shape index (κ2) is 3.95. The molecule has 1 heterocycles. The Morgan fingerprint density at radius 3 is 2.93 bits per heavy atom. The molecule has 3 N–H and O–H groups in total. The average Bonchev–Trinajstić information content (AvgIpc) is 2.51. The van der Waals surface area contributed by atoms with Crippen molar-refractivity contribution in [2.75, 3.05) is 6.54 Å². The summed E-state index contributed by atoms with van der Waals surface area (Å²) in [6.45, 7) is 5.93. The predicted octanol–water partition coefficient (Wildman–Crippen LogP) is 2.29. The number of benzene rings is 1. The fourth-order valence-electron chi connectivity index (χ4n) is 1.85. The Labute approximate surface area is 89.1 Å². The van der Waals surface area contributed by atoms with E-state index in [1.54, 1.807) is 6.07 Å². The summed E-state index contributed by atoms with van der Waals surface area (Å²) in [5.74, 6) is 0.319. The molecule has 0 bridgehead atoms. The van der Waals surface area contributed by atoms with Crippen LogP contribution in [0.5, 0.6) is 5.75 Å².